The summed E-state index contributed by atoms with van der Waals surface area (Å²) < 4.78 is 68.9. The zero-order valence-corrected chi connectivity index (χ0v) is 17.2. The van der Waals surface area contributed by atoms with E-state index in [1.54, 1.807) is 0 Å². The molecule has 0 spiro atoms. The molecule has 2 aromatic rings. The van der Waals surface area contributed by atoms with Crippen molar-refractivity contribution in [2.24, 2.45) is 0 Å². The van der Waals surface area contributed by atoms with Gasteiger partial charge in [-0.2, -0.15) is 18.2 Å². The lowest BCUT2D eigenvalue weighted by Crippen LogP contribution is -2.38. The minimum Gasteiger partial charge on any atom is -0.471 e. The van der Waals surface area contributed by atoms with Crippen LogP contribution in [0.2, 0.25) is 0 Å². The average molecular weight is 443 g/mol. The van der Waals surface area contributed by atoms with E-state index < -0.39 is 44.9 Å². The number of nitrogens with one attached hydrogen (secondary N) is 1. The fourth-order valence-electron chi connectivity index (χ4n) is 2.09. The van der Waals surface area contributed by atoms with Gasteiger partial charge in [0, 0.05) is 11.9 Å². The first-order valence-electron chi connectivity index (χ1n) is 8.60. The Bertz CT molecular complexity index is 1040. The van der Waals surface area contributed by atoms with E-state index in [-0.39, 0.29) is 10.8 Å². The highest BCUT2D eigenvalue weighted by atomic mass is 32.2. The van der Waals surface area contributed by atoms with Crippen LogP contribution in [0.3, 0.4) is 0 Å². The van der Waals surface area contributed by atoms with Gasteiger partial charge in [0.05, 0.1) is 10.5 Å². The predicted octanol–water partition coefficient (Wildman–Crippen LogP) is 3.18. The molecule has 1 heterocycles. The molecule has 0 saturated carbocycles. The van der Waals surface area contributed by atoms with Crippen LogP contribution in [0.25, 0.3) is 0 Å². The summed E-state index contributed by atoms with van der Waals surface area (Å²) in [6.07, 6.45) is -0.162. The lowest BCUT2D eigenvalue weighted by Gasteiger charge is -2.27. The number of aromatic nitrogens is 2. The number of halogens is 3. The van der Waals surface area contributed by atoms with Gasteiger partial charge in [-0.15, -0.1) is 6.42 Å². The Morgan fingerprint density at radius 3 is 2.37 bits per heavy atom. The summed E-state index contributed by atoms with van der Waals surface area (Å²) in [5.41, 5.74) is -2.28. The molecule has 0 amide bonds. The predicted molar refractivity (Wildman–Crippen MR) is 104 cm³/mol. The van der Waals surface area contributed by atoms with Crippen LogP contribution in [-0.4, -0.2) is 41.0 Å². The molecule has 0 aliphatic heterocycles. The fourth-order valence-corrected chi connectivity index (χ4v) is 3.03. The first-order chi connectivity index (χ1) is 13.7. The summed E-state index contributed by atoms with van der Waals surface area (Å²) in [5, 5.41) is 12.6. The van der Waals surface area contributed by atoms with Gasteiger partial charge in [0.2, 0.25) is 11.8 Å². The molecule has 0 aliphatic rings. The lowest BCUT2D eigenvalue weighted by molar-refractivity contribution is -0.141. The van der Waals surface area contributed by atoms with Crippen molar-refractivity contribution in [1.29, 1.82) is 0 Å². The van der Waals surface area contributed by atoms with Gasteiger partial charge in [-0.1, -0.05) is 5.92 Å². The lowest BCUT2D eigenvalue weighted by atomic mass is 10.0. The van der Waals surface area contributed by atoms with Crippen LogP contribution >= 0.6 is 0 Å². The Morgan fingerprint density at radius 2 is 1.87 bits per heavy atom. The van der Waals surface area contributed by atoms with Crippen molar-refractivity contribution in [2.45, 2.75) is 43.5 Å². The van der Waals surface area contributed by atoms with Crippen molar-refractivity contribution in [3.8, 4) is 18.2 Å². The van der Waals surface area contributed by atoms with Gasteiger partial charge >= 0.3 is 6.18 Å². The van der Waals surface area contributed by atoms with Crippen molar-refractivity contribution in [3.05, 3.63) is 36.0 Å². The molecule has 0 bridgehead atoms. The first kappa shape index (κ1) is 23.4. The second kappa shape index (κ2) is 8.49. The number of hydrogen-bond acceptors (Lipinski definition) is 7. The van der Waals surface area contributed by atoms with Gasteiger partial charge in [-0.05, 0) is 45.0 Å². The Hall–Kier alpha value is -2.84. The molecular weight excluding hydrogens is 423 g/mol. The van der Waals surface area contributed by atoms with E-state index in [9.17, 15) is 26.7 Å². The molecule has 0 fully saturated rings. The van der Waals surface area contributed by atoms with Gasteiger partial charge in [-0.3, -0.25) is 0 Å². The molecule has 0 aliphatic carbocycles. The number of aliphatic hydroxyl groups is 1. The van der Waals surface area contributed by atoms with E-state index in [0.29, 0.717) is 11.9 Å². The Morgan fingerprint density at radius 1 is 1.27 bits per heavy atom. The number of nitrogens with zero attached hydrogens (tertiary/aromatic N) is 2. The highest BCUT2D eigenvalue weighted by molar-refractivity contribution is 7.91. The third-order valence-corrected chi connectivity index (χ3v) is 5.62. The van der Waals surface area contributed by atoms with Gasteiger partial charge < -0.3 is 15.2 Å². The Kier molecular flexibility index (Phi) is 6.63. The van der Waals surface area contributed by atoms with E-state index >= 15 is 0 Å². The number of hydrogen-bond donors (Lipinski definition) is 2. The van der Waals surface area contributed by atoms with E-state index in [2.05, 4.69) is 21.2 Å². The average Bonchev–Trinajstić information content (AvgIpc) is 2.60. The Balaban J connectivity index is 2.32. The summed E-state index contributed by atoms with van der Waals surface area (Å²) in [6.45, 7) is 4.19. The van der Waals surface area contributed by atoms with Crippen LogP contribution in [-0.2, 0) is 16.0 Å². The van der Waals surface area contributed by atoms with Gasteiger partial charge in [-0.25, -0.2) is 13.4 Å². The van der Waals surface area contributed by atoms with Crippen LogP contribution in [0.15, 0.2) is 35.4 Å². The molecule has 30 heavy (non-hydrogen) atoms. The highest BCUT2D eigenvalue weighted by Gasteiger charge is 2.38. The van der Waals surface area contributed by atoms with E-state index in [4.69, 9.17) is 11.2 Å². The third kappa shape index (κ3) is 5.84. The number of benzene rings is 1. The summed E-state index contributed by atoms with van der Waals surface area (Å²) in [6, 6.07) is 5.38. The number of rotatable bonds is 7. The van der Waals surface area contributed by atoms with Crippen LogP contribution < -0.4 is 10.1 Å². The largest absolute Gasteiger partial charge is 0.471 e. The zero-order chi connectivity index (χ0) is 22.7. The second-order valence-electron chi connectivity index (χ2n) is 6.94. The second-order valence-corrected chi connectivity index (χ2v) is 8.93. The highest BCUT2D eigenvalue weighted by Crippen LogP contribution is 2.36. The topological polar surface area (TPSA) is 101 Å². The summed E-state index contributed by atoms with van der Waals surface area (Å²) in [5.74, 6) is 0.651. The molecule has 1 aromatic carbocycles. The van der Waals surface area contributed by atoms with Gasteiger partial charge in [0.25, 0.3) is 0 Å². The van der Waals surface area contributed by atoms with Gasteiger partial charge in [0.1, 0.15) is 17.4 Å². The number of sulfone groups is 1. The monoisotopic (exact) mass is 443 g/mol. The van der Waals surface area contributed by atoms with E-state index in [1.807, 2.05) is 0 Å². The normalized spacial score (nSPS) is 13.4. The first-order valence-corrected chi connectivity index (χ1v) is 10.3. The van der Waals surface area contributed by atoms with Crippen molar-refractivity contribution in [1.82, 2.24) is 9.97 Å². The van der Waals surface area contributed by atoms with Crippen LogP contribution in [0, 0.1) is 12.3 Å². The maximum Gasteiger partial charge on any atom is 0.423 e. The van der Waals surface area contributed by atoms with Crippen molar-refractivity contribution in [3.63, 3.8) is 0 Å². The maximum absolute atomic E-state index is 13.3. The molecule has 2 N–H and O–H groups in total. The summed E-state index contributed by atoms with van der Waals surface area (Å²) >= 11 is 0. The molecule has 1 unspecified atom stereocenters. The van der Waals surface area contributed by atoms with E-state index in [1.165, 1.54) is 45.0 Å². The van der Waals surface area contributed by atoms with Crippen LogP contribution in [0.1, 0.15) is 26.3 Å². The molecule has 2 rings (SSSR count). The number of ether oxygens (including phenoxy) is 1. The van der Waals surface area contributed by atoms with Crippen molar-refractivity contribution >= 4 is 21.5 Å². The fraction of sp³-hybridized carbons (Fsp3) is 0.368. The van der Waals surface area contributed by atoms with Crippen molar-refractivity contribution < 1.29 is 31.4 Å². The molecule has 11 heteroatoms. The molecule has 1 aromatic heterocycles. The standard InChI is InChI=1S/C19H20F3N3O4S/c1-5-10-30(27,28)14-8-6-13(7-9-14)24-17-23-11-15(19(20,21)22)16(25-17)29-12(2)18(3,4)26/h1,6-9,11-12,26H,10H2,2-4H3,(H,23,24,25). The van der Waals surface area contributed by atoms with Gasteiger partial charge in [0.15, 0.2) is 9.84 Å². The molecule has 0 radical (unpaired) electrons. The SMILES string of the molecule is C#CCS(=O)(=O)c1ccc(Nc2ncc(C(F)(F)F)c(OC(C)C(C)(C)O)n2)cc1. The molecule has 1 atom stereocenters. The minimum atomic E-state index is -4.76. The molecule has 0 saturated heterocycles. The quantitative estimate of drug-likeness (QED) is 0.634. The zero-order valence-electron chi connectivity index (χ0n) is 16.4. The summed E-state index contributed by atoms with van der Waals surface area (Å²) in [4.78, 5) is 7.41. The minimum absolute atomic E-state index is 0.00219. The molecule has 162 valence electrons. The number of alkyl halides is 3. The maximum atomic E-state index is 13.3. The third-order valence-electron chi connectivity index (χ3n) is 4.09. The number of terminal acetylenes is 1. The molecule has 7 nitrogen and oxygen atoms in total. The van der Waals surface area contributed by atoms with E-state index in [0.717, 1.165) is 0 Å². The number of anilines is 2. The van der Waals surface area contributed by atoms with Crippen molar-refractivity contribution in [2.75, 3.05) is 11.1 Å². The van der Waals surface area contributed by atoms with Crippen LogP contribution in [0.4, 0.5) is 24.8 Å². The smallest absolute Gasteiger partial charge is 0.423 e. The Labute approximate surface area is 172 Å². The molecular formula is C19H20F3N3O4S. The van der Waals surface area contributed by atoms with Crippen LogP contribution in [0.5, 0.6) is 5.88 Å². The summed E-state index contributed by atoms with van der Waals surface area (Å²) in [7, 11) is -3.62.